The normalized spacial score (nSPS) is 12.1. The van der Waals surface area contributed by atoms with Crippen LogP contribution in [0.15, 0.2) is 6.20 Å². The van der Waals surface area contributed by atoms with Crippen LogP contribution < -0.4 is 11.1 Å². The van der Waals surface area contributed by atoms with Gasteiger partial charge >= 0.3 is 5.97 Å². The average Bonchev–Trinajstić information content (AvgIpc) is 2.76. The third-order valence-corrected chi connectivity index (χ3v) is 2.31. The summed E-state index contributed by atoms with van der Waals surface area (Å²) in [6.45, 7) is 2.03. The molecule has 0 bridgehead atoms. The van der Waals surface area contributed by atoms with Gasteiger partial charge in [-0.1, -0.05) is 18.6 Å². The molecule has 1 aromatic heterocycles. The summed E-state index contributed by atoms with van der Waals surface area (Å²) in [5.74, 6) is -1.45. The molecule has 0 saturated carbocycles. The van der Waals surface area contributed by atoms with Gasteiger partial charge in [-0.2, -0.15) is 0 Å². The predicted molar refractivity (Wildman–Crippen MR) is 62.4 cm³/mol. The molecule has 1 aromatic rings. The minimum Gasteiger partial charge on any atom is -0.480 e. The van der Waals surface area contributed by atoms with Gasteiger partial charge in [0.05, 0.1) is 11.9 Å². The van der Waals surface area contributed by atoms with Crippen molar-refractivity contribution >= 4 is 11.9 Å². The lowest BCUT2D eigenvalue weighted by molar-refractivity contribution is -0.142. The van der Waals surface area contributed by atoms with Gasteiger partial charge in [0.2, 0.25) is 5.91 Å². The van der Waals surface area contributed by atoms with Crippen LogP contribution in [0.2, 0.25) is 0 Å². The van der Waals surface area contributed by atoms with Crippen LogP contribution >= 0.6 is 0 Å². The van der Waals surface area contributed by atoms with E-state index in [2.05, 4.69) is 15.6 Å². The van der Waals surface area contributed by atoms with Crippen LogP contribution in [0.3, 0.4) is 0 Å². The van der Waals surface area contributed by atoms with Gasteiger partial charge in [-0.15, -0.1) is 5.10 Å². The number of hydrogen-bond acceptors (Lipinski definition) is 5. The highest BCUT2D eigenvalue weighted by atomic mass is 16.4. The van der Waals surface area contributed by atoms with Crippen LogP contribution in [-0.2, 0) is 22.7 Å². The fraction of sp³-hybridized carbons (Fsp3) is 0.600. The lowest BCUT2D eigenvalue weighted by Gasteiger charge is -2.13. The Morgan fingerprint density at radius 3 is 2.83 bits per heavy atom. The van der Waals surface area contributed by atoms with E-state index < -0.39 is 17.9 Å². The third-order valence-electron chi connectivity index (χ3n) is 2.31. The molecule has 1 rings (SSSR count). The van der Waals surface area contributed by atoms with E-state index in [1.54, 1.807) is 6.20 Å². The number of rotatable bonds is 7. The second kappa shape index (κ2) is 6.70. The van der Waals surface area contributed by atoms with Crippen LogP contribution in [0.25, 0.3) is 0 Å². The number of carboxylic acid groups (broad SMARTS) is 1. The molecule has 0 aliphatic rings. The molecule has 100 valence electrons. The van der Waals surface area contributed by atoms with Crippen molar-refractivity contribution in [2.75, 3.05) is 0 Å². The molecule has 0 fully saturated rings. The molecule has 8 heteroatoms. The first-order valence-electron chi connectivity index (χ1n) is 5.68. The van der Waals surface area contributed by atoms with Crippen molar-refractivity contribution in [1.82, 2.24) is 20.3 Å². The SMILES string of the molecule is CCC[C@@H](NC(=O)Cn1cc(CN)nn1)C(=O)O. The van der Waals surface area contributed by atoms with Crippen LogP contribution in [0.4, 0.5) is 0 Å². The van der Waals surface area contributed by atoms with E-state index in [0.29, 0.717) is 18.5 Å². The van der Waals surface area contributed by atoms with Crippen molar-refractivity contribution in [1.29, 1.82) is 0 Å². The lowest BCUT2D eigenvalue weighted by atomic mass is 10.1. The molecule has 0 saturated heterocycles. The van der Waals surface area contributed by atoms with E-state index in [1.807, 2.05) is 6.92 Å². The molecule has 4 N–H and O–H groups in total. The number of nitrogens with two attached hydrogens (primary N) is 1. The minimum atomic E-state index is -1.04. The molecular formula is C10H17N5O3. The fourth-order valence-corrected chi connectivity index (χ4v) is 1.44. The maximum Gasteiger partial charge on any atom is 0.326 e. The number of amides is 1. The number of nitrogens with one attached hydrogen (secondary N) is 1. The smallest absolute Gasteiger partial charge is 0.326 e. The van der Waals surface area contributed by atoms with E-state index in [4.69, 9.17) is 10.8 Å². The Labute approximate surface area is 104 Å². The summed E-state index contributed by atoms with van der Waals surface area (Å²) < 4.78 is 1.32. The molecule has 1 amide bonds. The van der Waals surface area contributed by atoms with E-state index in [1.165, 1.54) is 4.68 Å². The standard InChI is InChI=1S/C10H17N5O3/c1-2-3-8(10(17)18)12-9(16)6-15-5-7(4-11)13-14-15/h5,8H,2-4,6,11H2,1H3,(H,12,16)(H,17,18)/t8-/m1/s1. The summed E-state index contributed by atoms with van der Waals surface area (Å²) in [7, 11) is 0. The number of hydrogen-bond donors (Lipinski definition) is 3. The first-order valence-corrected chi connectivity index (χ1v) is 5.68. The zero-order valence-electron chi connectivity index (χ0n) is 10.2. The van der Waals surface area contributed by atoms with Crippen LogP contribution in [-0.4, -0.2) is 38.0 Å². The van der Waals surface area contributed by atoms with Gasteiger partial charge in [-0.05, 0) is 6.42 Å². The number of nitrogens with zero attached hydrogens (tertiary/aromatic N) is 3. The first kappa shape index (κ1) is 14.1. The van der Waals surface area contributed by atoms with Crippen LogP contribution in [0, 0.1) is 0 Å². The van der Waals surface area contributed by atoms with E-state index in [-0.39, 0.29) is 13.1 Å². The third kappa shape index (κ3) is 4.13. The average molecular weight is 255 g/mol. The number of aromatic nitrogens is 3. The molecule has 18 heavy (non-hydrogen) atoms. The second-order valence-electron chi connectivity index (χ2n) is 3.86. The zero-order chi connectivity index (χ0) is 13.5. The molecule has 1 atom stereocenters. The maximum absolute atomic E-state index is 11.6. The number of carboxylic acids is 1. The summed E-state index contributed by atoms with van der Waals surface area (Å²) in [4.78, 5) is 22.5. The molecule has 0 aliphatic heterocycles. The molecular weight excluding hydrogens is 238 g/mol. The highest BCUT2D eigenvalue weighted by molar-refractivity contribution is 5.83. The number of aliphatic carboxylic acids is 1. The maximum atomic E-state index is 11.6. The lowest BCUT2D eigenvalue weighted by Crippen LogP contribution is -2.42. The Balaban J connectivity index is 2.51. The summed E-state index contributed by atoms with van der Waals surface area (Å²) in [6.07, 6.45) is 2.62. The molecule has 0 aliphatic carbocycles. The molecule has 8 nitrogen and oxygen atoms in total. The summed E-state index contributed by atoms with van der Waals surface area (Å²) in [5.41, 5.74) is 5.94. The number of carbonyl (C=O) groups excluding carboxylic acids is 1. The highest BCUT2D eigenvalue weighted by Crippen LogP contribution is 1.97. The first-order chi connectivity index (χ1) is 8.56. The molecule has 0 radical (unpaired) electrons. The summed E-state index contributed by atoms with van der Waals surface area (Å²) >= 11 is 0. The van der Waals surface area contributed by atoms with Gasteiger partial charge in [-0.25, -0.2) is 9.48 Å². The van der Waals surface area contributed by atoms with Crippen molar-refractivity contribution in [2.24, 2.45) is 5.73 Å². The van der Waals surface area contributed by atoms with Crippen molar-refractivity contribution in [3.05, 3.63) is 11.9 Å². The van der Waals surface area contributed by atoms with E-state index in [0.717, 1.165) is 0 Å². The quantitative estimate of drug-likeness (QED) is 0.580. The largest absolute Gasteiger partial charge is 0.480 e. The van der Waals surface area contributed by atoms with Crippen molar-refractivity contribution < 1.29 is 14.7 Å². The van der Waals surface area contributed by atoms with E-state index >= 15 is 0 Å². The van der Waals surface area contributed by atoms with Gasteiger partial charge in [0, 0.05) is 6.54 Å². The Bertz CT molecular complexity index is 417. The van der Waals surface area contributed by atoms with Gasteiger partial charge in [0.25, 0.3) is 0 Å². The van der Waals surface area contributed by atoms with Crippen molar-refractivity contribution in [2.45, 2.75) is 38.9 Å². The minimum absolute atomic E-state index is 0.0690. The van der Waals surface area contributed by atoms with Gasteiger partial charge in [0.1, 0.15) is 12.6 Å². The Kier molecular flexibility index (Phi) is 5.25. The van der Waals surface area contributed by atoms with Crippen LogP contribution in [0.1, 0.15) is 25.5 Å². The Morgan fingerprint density at radius 2 is 2.33 bits per heavy atom. The topological polar surface area (TPSA) is 123 Å². The van der Waals surface area contributed by atoms with Gasteiger partial charge in [-0.3, -0.25) is 4.79 Å². The molecule has 0 aromatic carbocycles. The zero-order valence-corrected chi connectivity index (χ0v) is 10.2. The van der Waals surface area contributed by atoms with E-state index in [9.17, 15) is 9.59 Å². The Hall–Kier alpha value is -1.96. The highest BCUT2D eigenvalue weighted by Gasteiger charge is 2.18. The molecule has 0 unspecified atom stereocenters. The number of carbonyl (C=O) groups is 2. The van der Waals surface area contributed by atoms with Gasteiger partial charge < -0.3 is 16.2 Å². The monoisotopic (exact) mass is 255 g/mol. The van der Waals surface area contributed by atoms with Crippen molar-refractivity contribution in [3.8, 4) is 0 Å². The van der Waals surface area contributed by atoms with Crippen LogP contribution in [0.5, 0.6) is 0 Å². The molecule has 0 spiro atoms. The van der Waals surface area contributed by atoms with Crippen molar-refractivity contribution in [3.63, 3.8) is 0 Å². The van der Waals surface area contributed by atoms with Gasteiger partial charge in [0.15, 0.2) is 0 Å². The fourth-order valence-electron chi connectivity index (χ4n) is 1.44. The molecule has 1 heterocycles. The summed E-state index contributed by atoms with van der Waals surface area (Å²) in [5, 5.41) is 18.8. The second-order valence-corrected chi connectivity index (χ2v) is 3.86. The predicted octanol–water partition coefficient (Wildman–Crippen LogP) is -0.894. The Morgan fingerprint density at radius 1 is 1.61 bits per heavy atom. The summed E-state index contributed by atoms with van der Waals surface area (Å²) in [6, 6.07) is -0.861.